The Labute approximate surface area is 220 Å². The molecule has 1 amide bonds. The van der Waals surface area contributed by atoms with E-state index < -0.39 is 15.9 Å². The fourth-order valence-corrected chi connectivity index (χ4v) is 5.27. The number of hydrogen-bond donors (Lipinski definition) is 2. The third kappa shape index (κ3) is 8.67. The van der Waals surface area contributed by atoms with Gasteiger partial charge in [-0.05, 0) is 79.6 Å². The third-order valence-electron chi connectivity index (χ3n) is 6.55. The highest BCUT2D eigenvalue weighted by atomic mass is 32.2. The lowest BCUT2D eigenvalue weighted by Crippen LogP contribution is -2.39. The fraction of sp³-hybridized carbons (Fsp3) is 0.300. The minimum Gasteiger partial charge on any atom is -0.328 e. The molecule has 0 atom stereocenters. The van der Waals surface area contributed by atoms with Crippen molar-refractivity contribution in [1.29, 1.82) is 0 Å². The molecule has 0 spiro atoms. The second-order valence-electron chi connectivity index (χ2n) is 9.66. The van der Waals surface area contributed by atoms with Crippen LogP contribution in [0.4, 0.5) is 0 Å². The highest BCUT2D eigenvalue weighted by Crippen LogP contribution is 2.39. The van der Waals surface area contributed by atoms with Crippen LogP contribution in [0.5, 0.6) is 0 Å². The number of nitrogens with two attached hydrogens (primary N) is 1. The lowest BCUT2D eigenvalue weighted by molar-refractivity contribution is -0.114. The average Bonchev–Trinajstić information content (AvgIpc) is 3.76. The number of amides is 1. The zero-order valence-electron chi connectivity index (χ0n) is 21.0. The molecule has 37 heavy (non-hydrogen) atoms. The van der Waals surface area contributed by atoms with Gasteiger partial charge < -0.3 is 5.73 Å². The Morgan fingerprint density at radius 3 is 2.19 bits per heavy atom. The zero-order chi connectivity index (χ0) is 26.1. The monoisotopic (exact) mass is 517 g/mol. The summed E-state index contributed by atoms with van der Waals surface area (Å²) in [7, 11) is -3.86. The van der Waals surface area contributed by atoms with E-state index in [1.165, 1.54) is 36.6 Å². The molecule has 0 bridgehead atoms. The molecule has 1 saturated heterocycles. The van der Waals surface area contributed by atoms with Gasteiger partial charge in [-0.15, -0.1) is 0 Å². The maximum absolute atomic E-state index is 12.2. The van der Waals surface area contributed by atoms with E-state index in [0.717, 1.165) is 49.5 Å². The zero-order valence-corrected chi connectivity index (χ0v) is 21.8. The fourth-order valence-electron chi connectivity index (χ4n) is 4.30. The molecule has 5 rings (SSSR count). The topological polar surface area (TPSA) is 92.5 Å². The highest BCUT2D eigenvalue weighted by molar-refractivity contribution is 7.90. The predicted octanol–water partition coefficient (Wildman–Crippen LogP) is 4.69. The molecule has 2 fully saturated rings. The molecule has 0 unspecified atom stereocenters. The molecule has 0 radical (unpaired) electrons. The van der Waals surface area contributed by atoms with Gasteiger partial charge in [0.25, 0.3) is 15.9 Å². The first-order valence-corrected chi connectivity index (χ1v) is 14.3. The van der Waals surface area contributed by atoms with Crippen molar-refractivity contribution in [2.75, 3.05) is 13.1 Å². The Kier molecular flexibility index (Phi) is 9.28. The van der Waals surface area contributed by atoms with Gasteiger partial charge in [0.1, 0.15) is 0 Å². The number of nitrogens with zero attached hydrogens (tertiary/aromatic N) is 1. The number of rotatable bonds is 7. The molecule has 2 aliphatic rings. The van der Waals surface area contributed by atoms with Crippen molar-refractivity contribution in [3.63, 3.8) is 0 Å². The summed E-state index contributed by atoms with van der Waals surface area (Å²) in [6.07, 6.45) is 7.68. The summed E-state index contributed by atoms with van der Waals surface area (Å²) in [5, 5.41) is 0. The number of likely N-dealkylation sites (tertiary alicyclic amines) is 1. The van der Waals surface area contributed by atoms with E-state index in [-0.39, 0.29) is 4.90 Å². The number of sulfonamides is 1. The first-order valence-electron chi connectivity index (χ1n) is 12.8. The van der Waals surface area contributed by atoms with Crippen LogP contribution in [0.25, 0.3) is 6.08 Å². The number of benzene rings is 3. The maximum Gasteiger partial charge on any atom is 0.264 e. The SMILES string of the molecule is NC1CCN(Cc2cccc(/C=C/C(=O)NS(=O)(=O)c3ccccc3)c2)CC1.c1ccc(C2CC2)cc1. The minimum atomic E-state index is -3.86. The maximum atomic E-state index is 12.2. The lowest BCUT2D eigenvalue weighted by atomic mass is 10.0. The number of hydrogen-bond acceptors (Lipinski definition) is 5. The van der Waals surface area contributed by atoms with Crippen LogP contribution in [0.15, 0.2) is 95.9 Å². The molecule has 1 heterocycles. The van der Waals surface area contributed by atoms with Crippen LogP contribution >= 0.6 is 0 Å². The lowest BCUT2D eigenvalue weighted by Gasteiger charge is -2.30. The summed E-state index contributed by atoms with van der Waals surface area (Å²) in [6, 6.07) is 26.7. The summed E-state index contributed by atoms with van der Waals surface area (Å²) in [5.41, 5.74) is 9.47. The van der Waals surface area contributed by atoms with Crippen molar-refractivity contribution in [2.45, 2.75) is 49.1 Å². The van der Waals surface area contributed by atoms with E-state index in [2.05, 4.69) is 40.0 Å². The minimum absolute atomic E-state index is 0.0556. The Balaban J connectivity index is 0.000000295. The number of nitrogens with one attached hydrogen (secondary N) is 1. The van der Waals surface area contributed by atoms with E-state index in [1.807, 2.05) is 24.3 Å². The standard InChI is InChI=1S/C21H25N3O3S.C9H10/c22-19-11-13-24(14-12-19)16-18-6-4-5-17(15-18)9-10-21(25)23-28(26,27)20-7-2-1-3-8-20;1-2-4-8(5-3-1)9-6-7-9/h1-10,15,19H,11-14,16,22H2,(H,23,25);1-5,9H,6-7H2/b10-9+;. The van der Waals surface area contributed by atoms with Gasteiger partial charge >= 0.3 is 0 Å². The van der Waals surface area contributed by atoms with Crippen molar-refractivity contribution >= 4 is 22.0 Å². The first-order chi connectivity index (χ1) is 17.9. The Morgan fingerprint density at radius 1 is 0.892 bits per heavy atom. The van der Waals surface area contributed by atoms with E-state index in [9.17, 15) is 13.2 Å². The van der Waals surface area contributed by atoms with Gasteiger partial charge in [-0.25, -0.2) is 13.1 Å². The van der Waals surface area contributed by atoms with Crippen LogP contribution in [0.2, 0.25) is 0 Å². The van der Waals surface area contributed by atoms with Crippen molar-refractivity contribution in [1.82, 2.24) is 9.62 Å². The Bertz CT molecular complexity index is 1280. The van der Waals surface area contributed by atoms with Crippen molar-refractivity contribution < 1.29 is 13.2 Å². The van der Waals surface area contributed by atoms with E-state index >= 15 is 0 Å². The molecule has 3 aromatic rings. The van der Waals surface area contributed by atoms with Gasteiger partial charge in [-0.2, -0.15) is 0 Å². The van der Waals surface area contributed by atoms with Gasteiger partial charge in [0.15, 0.2) is 0 Å². The second kappa shape index (κ2) is 12.8. The van der Waals surface area contributed by atoms with Crippen molar-refractivity contribution in [2.24, 2.45) is 5.73 Å². The number of carbonyl (C=O) groups is 1. The quantitative estimate of drug-likeness (QED) is 0.444. The van der Waals surface area contributed by atoms with Crippen LogP contribution in [0.1, 0.15) is 48.3 Å². The molecule has 7 heteroatoms. The molecule has 1 aliphatic heterocycles. The normalized spacial score (nSPS) is 16.7. The van der Waals surface area contributed by atoms with Crippen molar-refractivity contribution in [3.8, 4) is 0 Å². The smallest absolute Gasteiger partial charge is 0.264 e. The van der Waals surface area contributed by atoms with Crippen LogP contribution in [0.3, 0.4) is 0 Å². The second-order valence-corrected chi connectivity index (χ2v) is 11.3. The third-order valence-corrected chi connectivity index (χ3v) is 7.92. The van der Waals surface area contributed by atoms with Gasteiger partial charge in [0, 0.05) is 18.7 Å². The molecule has 1 saturated carbocycles. The molecular weight excluding hydrogens is 482 g/mol. The van der Waals surface area contributed by atoms with Crippen molar-refractivity contribution in [3.05, 3.63) is 108 Å². The molecule has 3 N–H and O–H groups in total. The molecule has 3 aromatic carbocycles. The molecule has 1 aliphatic carbocycles. The molecular formula is C30H35N3O3S. The Hall–Kier alpha value is -3.26. The summed E-state index contributed by atoms with van der Waals surface area (Å²) in [5.74, 6) is 0.227. The molecule has 0 aromatic heterocycles. The largest absolute Gasteiger partial charge is 0.328 e. The van der Waals surface area contributed by atoms with E-state index in [1.54, 1.807) is 24.3 Å². The summed E-state index contributed by atoms with van der Waals surface area (Å²) >= 11 is 0. The summed E-state index contributed by atoms with van der Waals surface area (Å²) < 4.78 is 26.4. The first kappa shape index (κ1) is 26.8. The molecule has 194 valence electrons. The van der Waals surface area contributed by atoms with Crippen LogP contribution in [-0.2, 0) is 21.4 Å². The van der Waals surface area contributed by atoms with Crippen LogP contribution in [0, 0.1) is 0 Å². The van der Waals surface area contributed by atoms with Gasteiger partial charge in [0.2, 0.25) is 0 Å². The summed E-state index contributed by atoms with van der Waals surface area (Å²) in [4.78, 5) is 14.5. The summed E-state index contributed by atoms with van der Waals surface area (Å²) in [6.45, 7) is 2.81. The number of piperidine rings is 1. The van der Waals surface area contributed by atoms with Gasteiger partial charge in [0.05, 0.1) is 4.90 Å². The van der Waals surface area contributed by atoms with Gasteiger partial charge in [-0.3, -0.25) is 9.69 Å². The van der Waals surface area contributed by atoms with Gasteiger partial charge in [-0.1, -0.05) is 72.8 Å². The average molecular weight is 518 g/mol. The van der Waals surface area contributed by atoms with E-state index in [4.69, 9.17) is 5.73 Å². The Morgan fingerprint density at radius 2 is 1.54 bits per heavy atom. The van der Waals surface area contributed by atoms with Crippen LogP contribution in [-0.4, -0.2) is 38.4 Å². The predicted molar refractivity (Wildman–Crippen MR) is 148 cm³/mol. The number of carbonyl (C=O) groups excluding carboxylic acids is 1. The molecule has 6 nitrogen and oxygen atoms in total. The highest BCUT2D eigenvalue weighted by Gasteiger charge is 2.22. The van der Waals surface area contributed by atoms with E-state index in [0.29, 0.717) is 6.04 Å². The van der Waals surface area contributed by atoms with Crippen LogP contribution < -0.4 is 10.5 Å².